The maximum absolute atomic E-state index is 12.1. The Labute approximate surface area is 128 Å². The highest BCUT2D eigenvalue weighted by atomic mass is 16.5. The van der Waals surface area contributed by atoms with Crippen molar-refractivity contribution in [3.05, 3.63) is 29.8 Å². The monoisotopic (exact) mass is 292 g/mol. The molecule has 0 fully saturated rings. The third-order valence-corrected chi connectivity index (χ3v) is 3.48. The van der Waals surface area contributed by atoms with Gasteiger partial charge in [-0.25, -0.2) is 0 Å². The molecule has 0 heterocycles. The number of para-hydroxylation sites is 1. The van der Waals surface area contributed by atoms with Crippen LogP contribution in [0.5, 0.6) is 0 Å². The molecule has 0 saturated carbocycles. The van der Waals surface area contributed by atoms with Crippen LogP contribution in [0.15, 0.2) is 24.3 Å². The second kappa shape index (κ2) is 10.4. The summed E-state index contributed by atoms with van der Waals surface area (Å²) in [4.78, 5) is 12.1. The summed E-state index contributed by atoms with van der Waals surface area (Å²) in [6, 6.07) is 7.56. The minimum Gasteiger partial charge on any atom is -0.369 e. The van der Waals surface area contributed by atoms with E-state index in [-0.39, 0.29) is 5.91 Å². The highest BCUT2D eigenvalue weighted by Gasteiger charge is 2.14. The summed E-state index contributed by atoms with van der Waals surface area (Å²) in [5.41, 5.74) is 7.35. The van der Waals surface area contributed by atoms with Crippen LogP contribution in [-0.4, -0.2) is 18.6 Å². The Morgan fingerprint density at radius 1 is 1.24 bits per heavy atom. The molecule has 1 amide bonds. The quantitative estimate of drug-likeness (QED) is 0.649. The first-order valence-corrected chi connectivity index (χ1v) is 7.89. The summed E-state index contributed by atoms with van der Waals surface area (Å²) >= 11 is 0. The van der Waals surface area contributed by atoms with E-state index in [0.29, 0.717) is 13.2 Å². The number of unbranched alkanes of at least 4 members (excludes halogenated alkanes) is 4. The smallest absolute Gasteiger partial charge is 0.253 e. The molecular weight excluding hydrogens is 264 g/mol. The fourth-order valence-electron chi connectivity index (χ4n) is 2.10. The Kier molecular flexibility index (Phi) is 8.71. The number of anilines is 1. The lowest BCUT2D eigenvalue weighted by molar-refractivity contribution is -0.126. The Hall–Kier alpha value is -1.39. The molecule has 3 N–H and O–H groups in total. The SMILES string of the molecule is CCCCCCCOC(C)C(=O)Nc1ccccc1CN. The largest absolute Gasteiger partial charge is 0.369 e. The molecule has 1 aromatic carbocycles. The van der Waals surface area contributed by atoms with Gasteiger partial charge in [-0.15, -0.1) is 0 Å². The number of hydrogen-bond acceptors (Lipinski definition) is 3. The third kappa shape index (κ3) is 6.74. The molecule has 0 aliphatic heterocycles. The molecular formula is C17H28N2O2. The van der Waals surface area contributed by atoms with Gasteiger partial charge < -0.3 is 15.8 Å². The van der Waals surface area contributed by atoms with Crippen LogP contribution in [0.2, 0.25) is 0 Å². The molecule has 4 nitrogen and oxygen atoms in total. The summed E-state index contributed by atoms with van der Waals surface area (Å²) in [6.45, 7) is 5.02. The Morgan fingerprint density at radius 2 is 1.95 bits per heavy atom. The third-order valence-electron chi connectivity index (χ3n) is 3.48. The Balaban J connectivity index is 2.31. The number of nitrogens with two attached hydrogens (primary N) is 1. The number of benzene rings is 1. The summed E-state index contributed by atoms with van der Waals surface area (Å²) in [5, 5.41) is 2.88. The number of hydrogen-bond donors (Lipinski definition) is 2. The van der Waals surface area contributed by atoms with E-state index < -0.39 is 6.10 Å². The highest BCUT2D eigenvalue weighted by molar-refractivity contribution is 5.94. The fraction of sp³-hybridized carbons (Fsp3) is 0.588. The van der Waals surface area contributed by atoms with Crippen molar-refractivity contribution in [2.75, 3.05) is 11.9 Å². The first kappa shape index (κ1) is 17.7. The van der Waals surface area contributed by atoms with Crippen molar-refractivity contribution in [3.63, 3.8) is 0 Å². The van der Waals surface area contributed by atoms with Gasteiger partial charge in [0.25, 0.3) is 5.91 Å². The van der Waals surface area contributed by atoms with E-state index in [1.807, 2.05) is 24.3 Å². The van der Waals surface area contributed by atoms with E-state index in [4.69, 9.17) is 10.5 Å². The van der Waals surface area contributed by atoms with Crippen molar-refractivity contribution < 1.29 is 9.53 Å². The number of carbonyl (C=O) groups is 1. The van der Waals surface area contributed by atoms with E-state index >= 15 is 0 Å². The zero-order chi connectivity index (χ0) is 15.5. The normalized spacial score (nSPS) is 12.1. The average Bonchev–Trinajstić information content (AvgIpc) is 2.51. The molecule has 1 atom stereocenters. The number of ether oxygens (including phenoxy) is 1. The zero-order valence-electron chi connectivity index (χ0n) is 13.2. The predicted octanol–water partition coefficient (Wildman–Crippen LogP) is 3.46. The molecule has 1 rings (SSSR count). The van der Waals surface area contributed by atoms with Crippen molar-refractivity contribution in [1.29, 1.82) is 0 Å². The maximum Gasteiger partial charge on any atom is 0.253 e. The van der Waals surface area contributed by atoms with Crippen LogP contribution in [0.1, 0.15) is 51.5 Å². The molecule has 4 heteroatoms. The molecule has 0 aliphatic carbocycles. The van der Waals surface area contributed by atoms with E-state index in [9.17, 15) is 4.79 Å². The summed E-state index contributed by atoms with van der Waals surface area (Å²) in [5.74, 6) is -0.121. The Bertz CT molecular complexity index is 421. The van der Waals surface area contributed by atoms with E-state index in [2.05, 4.69) is 12.2 Å². The predicted molar refractivity (Wildman–Crippen MR) is 87.1 cm³/mol. The summed E-state index contributed by atoms with van der Waals surface area (Å²) in [7, 11) is 0. The topological polar surface area (TPSA) is 64.3 Å². The number of amides is 1. The molecule has 118 valence electrons. The maximum atomic E-state index is 12.1. The van der Waals surface area contributed by atoms with Gasteiger partial charge >= 0.3 is 0 Å². The number of carbonyl (C=O) groups excluding carboxylic acids is 1. The van der Waals surface area contributed by atoms with E-state index in [0.717, 1.165) is 24.1 Å². The lowest BCUT2D eigenvalue weighted by atomic mass is 10.1. The first-order chi connectivity index (χ1) is 10.2. The van der Waals surface area contributed by atoms with E-state index in [1.165, 1.54) is 19.3 Å². The molecule has 0 spiro atoms. The average molecular weight is 292 g/mol. The highest BCUT2D eigenvalue weighted by Crippen LogP contribution is 2.14. The minimum absolute atomic E-state index is 0.121. The van der Waals surface area contributed by atoms with Gasteiger partial charge in [0.2, 0.25) is 0 Å². The molecule has 0 radical (unpaired) electrons. The van der Waals surface area contributed by atoms with Gasteiger partial charge in [0, 0.05) is 18.8 Å². The van der Waals surface area contributed by atoms with Crippen molar-refractivity contribution in [3.8, 4) is 0 Å². The zero-order valence-corrected chi connectivity index (χ0v) is 13.2. The fourth-order valence-corrected chi connectivity index (χ4v) is 2.10. The van der Waals surface area contributed by atoms with Crippen LogP contribution in [0, 0.1) is 0 Å². The first-order valence-electron chi connectivity index (χ1n) is 7.89. The van der Waals surface area contributed by atoms with Gasteiger partial charge in [0.15, 0.2) is 0 Å². The van der Waals surface area contributed by atoms with Crippen LogP contribution >= 0.6 is 0 Å². The van der Waals surface area contributed by atoms with Crippen LogP contribution < -0.4 is 11.1 Å². The number of nitrogens with one attached hydrogen (secondary N) is 1. The molecule has 21 heavy (non-hydrogen) atoms. The molecule has 0 aliphatic rings. The van der Waals surface area contributed by atoms with E-state index in [1.54, 1.807) is 6.92 Å². The summed E-state index contributed by atoms with van der Waals surface area (Å²) in [6.07, 6.45) is 5.48. The molecule has 0 saturated heterocycles. The molecule has 0 bridgehead atoms. The number of rotatable bonds is 10. The van der Waals surface area contributed by atoms with Crippen LogP contribution in [0.4, 0.5) is 5.69 Å². The van der Waals surface area contributed by atoms with Crippen molar-refractivity contribution >= 4 is 11.6 Å². The van der Waals surface area contributed by atoms with Gasteiger partial charge in [0.1, 0.15) is 6.10 Å². The van der Waals surface area contributed by atoms with Gasteiger partial charge in [-0.3, -0.25) is 4.79 Å². The van der Waals surface area contributed by atoms with Crippen LogP contribution in [0.25, 0.3) is 0 Å². The minimum atomic E-state index is -0.443. The van der Waals surface area contributed by atoms with Crippen molar-refractivity contribution in [1.82, 2.24) is 0 Å². The lowest BCUT2D eigenvalue weighted by Gasteiger charge is -2.15. The van der Waals surface area contributed by atoms with Crippen molar-refractivity contribution in [2.45, 2.75) is 58.6 Å². The molecule has 0 aromatic heterocycles. The van der Waals surface area contributed by atoms with Gasteiger partial charge in [0.05, 0.1) is 0 Å². The van der Waals surface area contributed by atoms with Crippen LogP contribution in [0.3, 0.4) is 0 Å². The van der Waals surface area contributed by atoms with Crippen molar-refractivity contribution in [2.24, 2.45) is 5.73 Å². The van der Waals surface area contributed by atoms with Gasteiger partial charge in [-0.2, -0.15) is 0 Å². The lowest BCUT2D eigenvalue weighted by Crippen LogP contribution is -2.28. The molecule has 1 aromatic rings. The van der Waals surface area contributed by atoms with Gasteiger partial charge in [-0.05, 0) is 25.0 Å². The second-order valence-electron chi connectivity index (χ2n) is 5.28. The summed E-state index contributed by atoms with van der Waals surface area (Å²) < 4.78 is 5.59. The Morgan fingerprint density at radius 3 is 2.67 bits per heavy atom. The second-order valence-corrected chi connectivity index (χ2v) is 5.28. The standard InChI is InChI=1S/C17H28N2O2/c1-3-4-5-6-9-12-21-14(2)17(20)19-16-11-8-7-10-15(16)13-18/h7-8,10-11,14H,3-6,9,12-13,18H2,1-2H3,(H,19,20). The molecule has 1 unspecified atom stereocenters. The van der Waals surface area contributed by atoms with Crippen LogP contribution in [-0.2, 0) is 16.1 Å². The van der Waals surface area contributed by atoms with Gasteiger partial charge in [-0.1, -0.05) is 50.8 Å².